The summed E-state index contributed by atoms with van der Waals surface area (Å²) in [6.45, 7) is 0. The monoisotopic (exact) mass is 218 g/mol. The Morgan fingerprint density at radius 3 is 2.14 bits per heavy atom. The lowest BCUT2D eigenvalue weighted by atomic mass is 11.1. The number of nitrogen functional groups attached to an aromatic ring is 1. The molecule has 0 spiro atoms. The van der Waals surface area contributed by atoms with Crippen molar-refractivity contribution in [1.29, 1.82) is 0 Å². The van der Waals surface area contributed by atoms with E-state index in [2.05, 4.69) is 10.1 Å². The summed E-state index contributed by atoms with van der Waals surface area (Å²) in [6.07, 6.45) is 1.29. The molecule has 1 heterocycles. The highest BCUT2D eigenvalue weighted by molar-refractivity contribution is 7.57. The molecule has 0 radical (unpaired) electrons. The van der Waals surface area contributed by atoms with Gasteiger partial charge in [0.15, 0.2) is 0 Å². The average molecular weight is 218 g/mol. The van der Waals surface area contributed by atoms with E-state index in [9.17, 15) is 4.57 Å². The summed E-state index contributed by atoms with van der Waals surface area (Å²) in [7, 11) is 3.92. The second kappa shape index (κ2) is 3.68. The summed E-state index contributed by atoms with van der Waals surface area (Å²) < 4.78 is 16.9. The summed E-state index contributed by atoms with van der Waals surface area (Å²) in [5.74, 6) is 0.149. The number of hydrogen-bond acceptors (Lipinski definition) is 4. The molecule has 2 N–H and O–H groups in total. The molecule has 1 aromatic heterocycles. The lowest BCUT2D eigenvalue weighted by molar-refractivity contribution is 0.431. The number of hydrogen-bond donors (Lipinski definition) is 1. The normalized spacial score (nSPS) is 12.7. The van der Waals surface area contributed by atoms with Gasteiger partial charge < -0.3 is 5.73 Å². The van der Waals surface area contributed by atoms with Crippen molar-refractivity contribution in [1.82, 2.24) is 23.9 Å². The Morgan fingerprint density at radius 1 is 1.36 bits per heavy atom. The van der Waals surface area contributed by atoms with E-state index < -0.39 is 7.59 Å². The van der Waals surface area contributed by atoms with Crippen LogP contribution in [-0.2, 0) is 4.57 Å². The highest BCUT2D eigenvalue weighted by Gasteiger charge is 2.33. The Kier molecular flexibility index (Phi) is 2.94. The van der Waals surface area contributed by atoms with Gasteiger partial charge in [-0.3, -0.25) is 4.57 Å². The van der Waals surface area contributed by atoms with E-state index in [1.807, 2.05) is 0 Å². The van der Waals surface area contributed by atoms with Crippen LogP contribution in [0.5, 0.6) is 0 Å². The highest BCUT2D eigenvalue weighted by atomic mass is 31.2. The van der Waals surface area contributed by atoms with Crippen LogP contribution >= 0.6 is 7.59 Å². The molecule has 0 aromatic carbocycles. The molecule has 0 aliphatic rings. The maximum absolute atomic E-state index is 12.5. The van der Waals surface area contributed by atoms with Crippen molar-refractivity contribution in [2.45, 2.75) is 0 Å². The van der Waals surface area contributed by atoms with Gasteiger partial charge >= 0.3 is 7.59 Å². The van der Waals surface area contributed by atoms with Gasteiger partial charge in [0.25, 0.3) is 0 Å². The Morgan fingerprint density at radius 2 is 1.86 bits per heavy atom. The van der Waals surface area contributed by atoms with Crippen molar-refractivity contribution >= 4 is 13.5 Å². The first-order valence-electron chi connectivity index (χ1n) is 4.02. The van der Waals surface area contributed by atoms with Gasteiger partial charge in [-0.25, -0.2) is 9.34 Å². The Hall–Kier alpha value is -0.910. The van der Waals surface area contributed by atoms with Crippen molar-refractivity contribution < 1.29 is 4.57 Å². The second-order valence-electron chi connectivity index (χ2n) is 3.22. The first-order chi connectivity index (χ1) is 6.40. The van der Waals surface area contributed by atoms with E-state index >= 15 is 0 Å². The molecule has 0 unspecified atom stereocenters. The number of aromatic nitrogens is 3. The summed E-state index contributed by atoms with van der Waals surface area (Å²) >= 11 is 0. The molecular formula is C6H15N6OP. The molecule has 80 valence electrons. The van der Waals surface area contributed by atoms with Crippen LogP contribution in [0.15, 0.2) is 6.33 Å². The van der Waals surface area contributed by atoms with Crippen LogP contribution in [0.1, 0.15) is 0 Å². The predicted octanol–water partition coefficient (Wildman–Crippen LogP) is -0.0603. The minimum Gasteiger partial charge on any atom is -0.368 e. The zero-order chi connectivity index (χ0) is 10.9. The number of nitrogens with zero attached hydrogens (tertiary/aromatic N) is 5. The molecular weight excluding hydrogens is 203 g/mol. The summed E-state index contributed by atoms with van der Waals surface area (Å²) in [5.41, 5.74) is 5.57. The van der Waals surface area contributed by atoms with Gasteiger partial charge in [-0.15, -0.1) is 5.10 Å². The van der Waals surface area contributed by atoms with Crippen molar-refractivity contribution in [3.63, 3.8) is 0 Å². The van der Waals surface area contributed by atoms with Crippen LogP contribution in [0.2, 0.25) is 0 Å². The van der Waals surface area contributed by atoms with E-state index in [4.69, 9.17) is 5.73 Å². The van der Waals surface area contributed by atoms with Crippen LogP contribution in [0.3, 0.4) is 0 Å². The minimum absolute atomic E-state index is 0.149. The maximum atomic E-state index is 12.5. The van der Waals surface area contributed by atoms with Gasteiger partial charge in [-0.2, -0.15) is 9.44 Å². The van der Waals surface area contributed by atoms with Gasteiger partial charge in [0.05, 0.1) is 0 Å². The lowest BCUT2D eigenvalue weighted by Gasteiger charge is -2.29. The topological polar surface area (TPSA) is 80.3 Å². The molecule has 14 heavy (non-hydrogen) atoms. The molecule has 0 saturated carbocycles. The molecule has 1 aromatic rings. The number of anilines is 1. The molecule has 8 heteroatoms. The van der Waals surface area contributed by atoms with Crippen LogP contribution in [0, 0.1) is 0 Å². The SMILES string of the molecule is CN(C)P(=O)(N(C)C)n1ncnc1N. The molecule has 0 fully saturated rings. The van der Waals surface area contributed by atoms with Crippen molar-refractivity contribution in [2.75, 3.05) is 33.9 Å². The zero-order valence-electron chi connectivity index (χ0n) is 8.75. The van der Waals surface area contributed by atoms with Gasteiger partial charge in [0.2, 0.25) is 5.95 Å². The third-order valence-corrected chi connectivity index (χ3v) is 4.73. The van der Waals surface area contributed by atoms with E-state index in [1.54, 1.807) is 37.5 Å². The van der Waals surface area contributed by atoms with Gasteiger partial charge in [-0.1, -0.05) is 0 Å². The first kappa shape index (κ1) is 11.2. The maximum Gasteiger partial charge on any atom is 0.332 e. The third kappa shape index (κ3) is 1.54. The molecule has 0 atom stereocenters. The number of nitrogens with two attached hydrogens (primary N) is 1. The first-order valence-corrected chi connectivity index (χ1v) is 5.59. The molecule has 0 amide bonds. The van der Waals surface area contributed by atoms with Gasteiger partial charge in [0, 0.05) is 0 Å². The van der Waals surface area contributed by atoms with Crippen molar-refractivity contribution in [3.8, 4) is 0 Å². The minimum atomic E-state index is -2.92. The molecule has 7 nitrogen and oxygen atoms in total. The van der Waals surface area contributed by atoms with E-state index in [0.29, 0.717) is 0 Å². The fourth-order valence-corrected chi connectivity index (χ4v) is 3.03. The number of rotatable bonds is 3. The molecule has 0 bridgehead atoms. The standard InChI is InChI=1S/C6H15N6OP/c1-10(2)14(13,11(3)4)12-6(7)8-5-9-12/h5H,1-4H3,(H2,7,8,9). The van der Waals surface area contributed by atoms with Gasteiger partial charge in [0.1, 0.15) is 6.33 Å². The van der Waals surface area contributed by atoms with Crippen LogP contribution in [-0.4, -0.2) is 52.1 Å². The largest absolute Gasteiger partial charge is 0.368 e. The second-order valence-corrected chi connectivity index (χ2v) is 6.22. The van der Waals surface area contributed by atoms with Crippen LogP contribution in [0.25, 0.3) is 0 Å². The fraction of sp³-hybridized carbons (Fsp3) is 0.667. The predicted molar refractivity (Wildman–Crippen MR) is 54.8 cm³/mol. The highest BCUT2D eigenvalue weighted by Crippen LogP contribution is 2.50. The van der Waals surface area contributed by atoms with E-state index in [0.717, 1.165) is 0 Å². The lowest BCUT2D eigenvalue weighted by Crippen LogP contribution is -2.27. The third-order valence-electron chi connectivity index (χ3n) is 1.84. The Bertz CT molecular complexity index is 347. The summed E-state index contributed by atoms with van der Waals surface area (Å²) in [6, 6.07) is 0. The smallest absolute Gasteiger partial charge is 0.332 e. The van der Waals surface area contributed by atoms with Gasteiger partial charge in [-0.05, 0) is 28.2 Å². The molecule has 0 aliphatic carbocycles. The van der Waals surface area contributed by atoms with Crippen molar-refractivity contribution in [3.05, 3.63) is 6.33 Å². The fourth-order valence-electron chi connectivity index (χ4n) is 1.14. The summed E-state index contributed by atoms with van der Waals surface area (Å²) in [5, 5.41) is 3.86. The van der Waals surface area contributed by atoms with Crippen LogP contribution < -0.4 is 5.73 Å². The average Bonchev–Trinajstić information content (AvgIpc) is 2.49. The Balaban J connectivity index is 3.27. The van der Waals surface area contributed by atoms with E-state index in [1.165, 1.54) is 10.8 Å². The molecule has 1 rings (SSSR count). The molecule has 0 aliphatic heterocycles. The zero-order valence-corrected chi connectivity index (χ0v) is 9.64. The Labute approximate surface area is 83.0 Å². The van der Waals surface area contributed by atoms with E-state index in [-0.39, 0.29) is 5.95 Å². The quantitative estimate of drug-likeness (QED) is 0.716. The molecule has 0 saturated heterocycles. The summed E-state index contributed by atoms with van der Waals surface area (Å²) in [4.78, 5) is 3.75. The van der Waals surface area contributed by atoms with Crippen molar-refractivity contribution in [2.24, 2.45) is 0 Å². The van der Waals surface area contributed by atoms with Crippen LogP contribution in [0.4, 0.5) is 5.95 Å².